The van der Waals surface area contributed by atoms with Crippen LogP contribution in [0.25, 0.3) is 0 Å². The Kier molecular flexibility index (Phi) is 4.62. The van der Waals surface area contributed by atoms with Crippen LogP contribution in [0.5, 0.6) is 0 Å². The first kappa shape index (κ1) is 15.1. The quantitative estimate of drug-likeness (QED) is 0.917. The lowest BCUT2D eigenvalue weighted by atomic mass is 10.2. The summed E-state index contributed by atoms with van der Waals surface area (Å²) >= 11 is 0. The van der Waals surface area contributed by atoms with Crippen LogP contribution in [0.15, 0.2) is 30.5 Å². The Morgan fingerprint density at radius 2 is 2.19 bits per heavy atom. The third-order valence-electron chi connectivity index (χ3n) is 3.70. The normalized spacial score (nSPS) is 10.5. The standard InChI is InChI=1S/C16H22N4O/c1-12-15(10-18-20(12)4)9-17-16-7-5-6-14(8-16)11-19(3)13(2)21/h5-8,10,17H,9,11H2,1-4H3. The Morgan fingerprint density at radius 3 is 2.81 bits per heavy atom. The minimum absolute atomic E-state index is 0.0688. The lowest BCUT2D eigenvalue weighted by Crippen LogP contribution is -2.23. The van der Waals surface area contributed by atoms with Gasteiger partial charge in [0.15, 0.2) is 0 Å². The van der Waals surface area contributed by atoms with E-state index in [1.807, 2.05) is 36.1 Å². The number of hydrogen-bond donors (Lipinski definition) is 1. The molecule has 0 radical (unpaired) electrons. The molecule has 0 aliphatic heterocycles. The zero-order valence-corrected chi connectivity index (χ0v) is 13.1. The van der Waals surface area contributed by atoms with Gasteiger partial charge >= 0.3 is 0 Å². The van der Waals surface area contributed by atoms with E-state index >= 15 is 0 Å². The molecule has 0 aliphatic rings. The van der Waals surface area contributed by atoms with Gasteiger partial charge in [0.1, 0.15) is 0 Å². The average molecular weight is 286 g/mol. The number of carbonyl (C=O) groups excluding carboxylic acids is 1. The number of aromatic nitrogens is 2. The Morgan fingerprint density at radius 1 is 1.43 bits per heavy atom. The van der Waals surface area contributed by atoms with Gasteiger partial charge in [-0.3, -0.25) is 9.48 Å². The number of carbonyl (C=O) groups is 1. The number of anilines is 1. The van der Waals surface area contributed by atoms with Crippen molar-refractivity contribution in [1.82, 2.24) is 14.7 Å². The van der Waals surface area contributed by atoms with Crippen LogP contribution in [0.3, 0.4) is 0 Å². The third-order valence-corrected chi connectivity index (χ3v) is 3.70. The highest BCUT2D eigenvalue weighted by Crippen LogP contribution is 2.14. The van der Waals surface area contributed by atoms with Crippen LogP contribution in [0, 0.1) is 6.92 Å². The first-order valence-corrected chi connectivity index (χ1v) is 6.99. The van der Waals surface area contributed by atoms with Crippen molar-refractivity contribution in [3.05, 3.63) is 47.3 Å². The number of hydrogen-bond acceptors (Lipinski definition) is 3. The Bertz CT molecular complexity index is 633. The van der Waals surface area contributed by atoms with Gasteiger partial charge in [-0.2, -0.15) is 5.10 Å². The van der Waals surface area contributed by atoms with Crippen molar-refractivity contribution in [2.24, 2.45) is 7.05 Å². The van der Waals surface area contributed by atoms with E-state index in [1.165, 1.54) is 5.56 Å². The summed E-state index contributed by atoms with van der Waals surface area (Å²) in [7, 11) is 3.75. The van der Waals surface area contributed by atoms with Crippen LogP contribution in [0.4, 0.5) is 5.69 Å². The van der Waals surface area contributed by atoms with Gasteiger partial charge in [0, 0.05) is 51.1 Å². The number of amides is 1. The zero-order valence-electron chi connectivity index (χ0n) is 13.1. The lowest BCUT2D eigenvalue weighted by Gasteiger charge is -2.15. The minimum Gasteiger partial charge on any atom is -0.381 e. The summed E-state index contributed by atoms with van der Waals surface area (Å²) in [4.78, 5) is 13.0. The predicted molar refractivity (Wildman–Crippen MR) is 83.9 cm³/mol. The van der Waals surface area contributed by atoms with Crippen molar-refractivity contribution in [2.45, 2.75) is 26.9 Å². The van der Waals surface area contributed by atoms with Crippen molar-refractivity contribution in [3.63, 3.8) is 0 Å². The molecule has 0 saturated heterocycles. The van der Waals surface area contributed by atoms with E-state index in [9.17, 15) is 4.79 Å². The molecule has 21 heavy (non-hydrogen) atoms. The van der Waals surface area contributed by atoms with Gasteiger partial charge in [0.25, 0.3) is 0 Å². The second kappa shape index (κ2) is 6.43. The molecule has 0 unspecified atom stereocenters. The van der Waals surface area contributed by atoms with Crippen molar-refractivity contribution in [2.75, 3.05) is 12.4 Å². The maximum atomic E-state index is 11.3. The molecule has 1 aromatic carbocycles. The minimum atomic E-state index is 0.0688. The second-order valence-corrected chi connectivity index (χ2v) is 5.31. The highest BCUT2D eigenvalue weighted by atomic mass is 16.2. The van der Waals surface area contributed by atoms with Crippen LogP contribution in [0.1, 0.15) is 23.7 Å². The van der Waals surface area contributed by atoms with E-state index in [0.29, 0.717) is 6.54 Å². The number of aryl methyl sites for hydroxylation is 1. The molecule has 0 fully saturated rings. The van der Waals surface area contributed by atoms with Gasteiger partial charge in [-0.05, 0) is 24.6 Å². The summed E-state index contributed by atoms with van der Waals surface area (Å²) in [6.07, 6.45) is 1.88. The molecule has 0 saturated carbocycles. The molecule has 1 heterocycles. The first-order chi connectivity index (χ1) is 9.97. The van der Waals surface area contributed by atoms with E-state index in [4.69, 9.17) is 0 Å². The summed E-state index contributed by atoms with van der Waals surface area (Å²) in [5, 5.41) is 7.64. The fourth-order valence-electron chi connectivity index (χ4n) is 2.08. The fraction of sp³-hybridized carbons (Fsp3) is 0.375. The number of rotatable bonds is 5. The molecule has 1 aromatic heterocycles. The zero-order chi connectivity index (χ0) is 15.4. The van der Waals surface area contributed by atoms with E-state index in [-0.39, 0.29) is 5.91 Å². The summed E-state index contributed by atoms with van der Waals surface area (Å²) in [5.41, 5.74) is 4.51. The molecular formula is C16H22N4O. The average Bonchev–Trinajstić information content (AvgIpc) is 2.77. The van der Waals surface area contributed by atoms with Crippen molar-refractivity contribution in [3.8, 4) is 0 Å². The fourth-order valence-corrected chi connectivity index (χ4v) is 2.08. The first-order valence-electron chi connectivity index (χ1n) is 6.99. The topological polar surface area (TPSA) is 50.2 Å². The van der Waals surface area contributed by atoms with E-state index in [2.05, 4.69) is 23.4 Å². The summed E-state index contributed by atoms with van der Waals surface area (Å²) in [6.45, 7) is 5.00. The molecule has 0 aliphatic carbocycles. The predicted octanol–water partition coefficient (Wildman–Crippen LogP) is 2.32. The van der Waals surface area contributed by atoms with Gasteiger partial charge in [0.2, 0.25) is 5.91 Å². The highest BCUT2D eigenvalue weighted by Gasteiger charge is 2.05. The van der Waals surface area contributed by atoms with Crippen molar-refractivity contribution in [1.29, 1.82) is 0 Å². The van der Waals surface area contributed by atoms with Crippen LogP contribution in [-0.4, -0.2) is 27.6 Å². The molecule has 1 N–H and O–H groups in total. The molecular weight excluding hydrogens is 264 g/mol. The molecule has 2 rings (SSSR count). The molecule has 5 heteroatoms. The molecule has 2 aromatic rings. The van der Waals surface area contributed by atoms with Crippen LogP contribution < -0.4 is 5.32 Å². The van der Waals surface area contributed by atoms with Crippen molar-refractivity contribution < 1.29 is 4.79 Å². The summed E-state index contributed by atoms with van der Waals surface area (Å²) in [5.74, 6) is 0.0688. The molecule has 0 atom stereocenters. The van der Waals surface area contributed by atoms with Crippen LogP contribution >= 0.6 is 0 Å². The summed E-state index contributed by atoms with van der Waals surface area (Å²) < 4.78 is 1.87. The van der Waals surface area contributed by atoms with Crippen LogP contribution in [-0.2, 0) is 24.9 Å². The SMILES string of the molecule is CC(=O)N(C)Cc1cccc(NCc2cnn(C)c2C)c1. The van der Waals surface area contributed by atoms with Gasteiger partial charge in [-0.1, -0.05) is 12.1 Å². The second-order valence-electron chi connectivity index (χ2n) is 5.31. The largest absolute Gasteiger partial charge is 0.381 e. The molecule has 0 spiro atoms. The number of nitrogens with zero attached hydrogens (tertiary/aromatic N) is 3. The third kappa shape index (κ3) is 3.84. The van der Waals surface area contributed by atoms with Gasteiger partial charge in [0.05, 0.1) is 6.20 Å². The number of nitrogens with one attached hydrogen (secondary N) is 1. The maximum Gasteiger partial charge on any atom is 0.219 e. The van der Waals surface area contributed by atoms with Crippen LogP contribution in [0.2, 0.25) is 0 Å². The molecule has 112 valence electrons. The van der Waals surface area contributed by atoms with Gasteiger partial charge in [-0.25, -0.2) is 0 Å². The van der Waals surface area contributed by atoms with E-state index in [0.717, 1.165) is 23.5 Å². The summed E-state index contributed by atoms with van der Waals surface area (Å²) in [6, 6.07) is 8.13. The smallest absolute Gasteiger partial charge is 0.219 e. The van der Waals surface area contributed by atoms with E-state index in [1.54, 1.807) is 18.9 Å². The monoisotopic (exact) mass is 286 g/mol. The Balaban J connectivity index is 2.01. The number of benzene rings is 1. The molecule has 5 nitrogen and oxygen atoms in total. The van der Waals surface area contributed by atoms with Gasteiger partial charge < -0.3 is 10.2 Å². The van der Waals surface area contributed by atoms with Crippen molar-refractivity contribution >= 4 is 11.6 Å². The Labute approximate surface area is 125 Å². The maximum absolute atomic E-state index is 11.3. The highest BCUT2D eigenvalue weighted by molar-refractivity contribution is 5.72. The molecule has 1 amide bonds. The van der Waals surface area contributed by atoms with E-state index < -0.39 is 0 Å². The Hall–Kier alpha value is -2.30. The molecule has 0 bridgehead atoms. The lowest BCUT2D eigenvalue weighted by molar-refractivity contribution is -0.128. The van der Waals surface area contributed by atoms with Gasteiger partial charge in [-0.15, -0.1) is 0 Å².